The quantitative estimate of drug-likeness (QED) is 0.547. The number of carbonyl (C=O) groups is 1. The van der Waals surface area contributed by atoms with E-state index in [1.54, 1.807) is 0 Å². The van der Waals surface area contributed by atoms with Crippen molar-refractivity contribution in [1.29, 1.82) is 0 Å². The predicted molar refractivity (Wildman–Crippen MR) is 137 cm³/mol. The van der Waals surface area contributed by atoms with Crippen LogP contribution in [0.3, 0.4) is 0 Å². The third-order valence-electron chi connectivity index (χ3n) is 8.83. The highest BCUT2D eigenvalue weighted by atomic mass is 16.4. The molecule has 5 rings (SSSR count). The summed E-state index contributed by atoms with van der Waals surface area (Å²) in [6.45, 7) is 2.36. The van der Waals surface area contributed by atoms with Crippen LogP contribution >= 0.6 is 0 Å². The molecule has 34 heavy (non-hydrogen) atoms. The van der Waals surface area contributed by atoms with Gasteiger partial charge in [0, 0.05) is 24.2 Å². The maximum atomic E-state index is 11.3. The Balaban J connectivity index is 1.42. The molecule has 0 spiro atoms. The Morgan fingerprint density at radius 1 is 0.941 bits per heavy atom. The van der Waals surface area contributed by atoms with E-state index in [9.17, 15) is 9.90 Å². The molecule has 2 aliphatic heterocycles. The van der Waals surface area contributed by atoms with Gasteiger partial charge >= 0.3 is 5.97 Å². The minimum absolute atomic E-state index is 0.104. The van der Waals surface area contributed by atoms with E-state index in [-0.39, 0.29) is 6.54 Å². The average Bonchev–Trinajstić information content (AvgIpc) is 3.21. The maximum Gasteiger partial charge on any atom is 0.322 e. The van der Waals surface area contributed by atoms with Crippen molar-refractivity contribution in [3.8, 4) is 0 Å². The van der Waals surface area contributed by atoms with Crippen LogP contribution in [0.2, 0.25) is 0 Å². The molecular formula is C28H42N4O2. The van der Waals surface area contributed by atoms with Crippen molar-refractivity contribution in [2.24, 2.45) is 5.92 Å². The van der Waals surface area contributed by atoms with Crippen LogP contribution in [0, 0.1) is 5.92 Å². The van der Waals surface area contributed by atoms with E-state index in [0.29, 0.717) is 30.0 Å². The van der Waals surface area contributed by atoms with E-state index >= 15 is 0 Å². The number of nitrogens with one attached hydrogen (secondary N) is 1. The number of hydrogen-bond donors (Lipinski definition) is 2. The molecule has 1 aromatic carbocycles. The monoisotopic (exact) mass is 466 g/mol. The molecule has 6 nitrogen and oxygen atoms in total. The van der Waals surface area contributed by atoms with Crippen LogP contribution in [0.25, 0.3) is 11.0 Å². The van der Waals surface area contributed by atoms with Gasteiger partial charge < -0.3 is 15.0 Å². The standard InChI is InChI=1S/C28H42N4O2/c1-20-15-16-22-17-23(18-26(20)31(22)21-11-7-5-3-2-4-6-8-12-21)32-25-14-10-9-13-24(25)30-28(32)29-19-27(33)34/h9-10,13-14,20-23,26H,2-8,11-12,15-19H2,1H3,(H,29,30)(H,33,34). The maximum absolute atomic E-state index is 11.3. The summed E-state index contributed by atoms with van der Waals surface area (Å²) < 4.78 is 2.33. The Morgan fingerprint density at radius 3 is 2.38 bits per heavy atom. The Morgan fingerprint density at radius 2 is 1.65 bits per heavy atom. The van der Waals surface area contributed by atoms with E-state index in [4.69, 9.17) is 4.98 Å². The lowest BCUT2D eigenvalue weighted by molar-refractivity contribution is -0.134. The molecule has 2 saturated heterocycles. The SMILES string of the molecule is CC1CCC2CC(n3c(NCC(=O)O)nc4ccccc43)CC1N2C1CCCCCCCCC1. The summed E-state index contributed by atoms with van der Waals surface area (Å²) in [6, 6.07) is 10.6. The number of anilines is 1. The smallest absolute Gasteiger partial charge is 0.322 e. The first-order valence-electron chi connectivity index (χ1n) is 13.8. The molecule has 3 heterocycles. The van der Waals surface area contributed by atoms with Gasteiger partial charge in [-0.2, -0.15) is 0 Å². The van der Waals surface area contributed by atoms with Crippen molar-refractivity contribution in [3.63, 3.8) is 0 Å². The number of piperidine rings is 2. The average molecular weight is 467 g/mol. The summed E-state index contributed by atoms with van der Waals surface area (Å²) >= 11 is 0. The van der Waals surface area contributed by atoms with Gasteiger partial charge in [0.2, 0.25) is 5.95 Å². The fourth-order valence-corrected chi connectivity index (χ4v) is 7.20. The second-order valence-corrected chi connectivity index (χ2v) is 11.1. The first-order valence-corrected chi connectivity index (χ1v) is 13.8. The molecule has 2 aromatic rings. The molecule has 1 aromatic heterocycles. The summed E-state index contributed by atoms with van der Waals surface area (Å²) in [4.78, 5) is 19.1. The number of benzene rings is 1. The van der Waals surface area contributed by atoms with E-state index in [2.05, 4.69) is 33.8 Å². The fraction of sp³-hybridized carbons (Fsp3) is 0.714. The number of aliphatic carboxylic acids is 1. The lowest BCUT2D eigenvalue weighted by atomic mass is 9.74. The van der Waals surface area contributed by atoms with E-state index in [1.807, 2.05) is 12.1 Å². The van der Waals surface area contributed by atoms with Gasteiger partial charge in [-0.25, -0.2) is 4.98 Å². The normalized spacial score (nSPS) is 29.7. The zero-order valence-electron chi connectivity index (χ0n) is 20.8. The fourth-order valence-electron chi connectivity index (χ4n) is 7.20. The van der Waals surface area contributed by atoms with Gasteiger partial charge in [-0.3, -0.25) is 9.69 Å². The largest absolute Gasteiger partial charge is 0.480 e. The first-order chi connectivity index (χ1) is 16.6. The lowest BCUT2D eigenvalue weighted by Crippen LogP contribution is -2.59. The number of carboxylic acids is 1. The second-order valence-electron chi connectivity index (χ2n) is 11.1. The van der Waals surface area contributed by atoms with E-state index in [1.165, 1.54) is 70.6 Å². The van der Waals surface area contributed by atoms with Gasteiger partial charge in [0.25, 0.3) is 0 Å². The summed E-state index contributed by atoms with van der Waals surface area (Å²) in [5.41, 5.74) is 2.07. The topological polar surface area (TPSA) is 70.4 Å². The van der Waals surface area contributed by atoms with Crippen LogP contribution < -0.4 is 5.32 Å². The Bertz CT molecular complexity index is 962. The molecule has 6 heteroatoms. The third-order valence-corrected chi connectivity index (χ3v) is 8.83. The van der Waals surface area contributed by atoms with E-state index in [0.717, 1.165) is 29.9 Å². The molecule has 3 aliphatic rings. The van der Waals surface area contributed by atoms with Gasteiger partial charge in [-0.15, -0.1) is 0 Å². The van der Waals surface area contributed by atoms with Crippen molar-refractivity contribution in [2.75, 3.05) is 11.9 Å². The molecule has 2 N–H and O–H groups in total. The minimum Gasteiger partial charge on any atom is -0.480 e. The number of para-hydroxylation sites is 2. The van der Waals surface area contributed by atoms with Crippen molar-refractivity contribution < 1.29 is 9.90 Å². The molecule has 2 bridgehead atoms. The second kappa shape index (κ2) is 10.7. The van der Waals surface area contributed by atoms with Crippen LogP contribution in [0.1, 0.15) is 96.4 Å². The Kier molecular flexibility index (Phi) is 7.43. The summed E-state index contributed by atoms with van der Waals surface area (Å²) in [7, 11) is 0. The molecular weight excluding hydrogens is 424 g/mol. The molecule has 4 atom stereocenters. The highest BCUT2D eigenvalue weighted by molar-refractivity contribution is 5.80. The van der Waals surface area contributed by atoms with Crippen molar-refractivity contribution in [3.05, 3.63) is 24.3 Å². The van der Waals surface area contributed by atoms with Crippen molar-refractivity contribution in [1.82, 2.24) is 14.5 Å². The summed E-state index contributed by atoms with van der Waals surface area (Å²) in [5.74, 6) is 0.570. The molecule has 1 aliphatic carbocycles. The van der Waals surface area contributed by atoms with Crippen LogP contribution in [0.15, 0.2) is 24.3 Å². The van der Waals surface area contributed by atoms with Gasteiger partial charge in [0.15, 0.2) is 0 Å². The molecule has 4 unspecified atom stereocenters. The van der Waals surface area contributed by atoms with Gasteiger partial charge in [0.05, 0.1) is 11.0 Å². The summed E-state index contributed by atoms with van der Waals surface area (Å²) in [6.07, 6.45) is 17.4. The number of nitrogens with zero attached hydrogens (tertiary/aromatic N) is 3. The van der Waals surface area contributed by atoms with Crippen LogP contribution in [0.4, 0.5) is 5.95 Å². The molecule has 1 saturated carbocycles. The van der Waals surface area contributed by atoms with Crippen molar-refractivity contribution >= 4 is 23.0 Å². The van der Waals surface area contributed by atoms with Crippen LogP contribution in [-0.2, 0) is 4.79 Å². The third kappa shape index (κ3) is 4.98. The number of aromatic nitrogens is 2. The predicted octanol–water partition coefficient (Wildman–Crippen LogP) is 6.23. The molecule has 186 valence electrons. The zero-order valence-corrected chi connectivity index (χ0v) is 20.8. The van der Waals surface area contributed by atoms with Crippen LogP contribution in [0.5, 0.6) is 0 Å². The zero-order chi connectivity index (χ0) is 23.5. The van der Waals surface area contributed by atoms with Crippen LogP contribution in [-0.4, -0.2) is 50.2 Å². The van der Waals surface area contributed by atoms with Crippen molar-refractivity contribution in [2.45, 2.75) is 115 Å². The minimum atomic E-state index is -0.852. The Hall–Kier alpha value is -2.08. The highest BCUT2D eigenvalue weighted by Gasteiger charge is 2.45. The number of rotatable bonds is 5. The van der Waals surface area contributed by atoms with Gasteiger partial charge in [-0.1, -0.05) is 64.0 Å². The highest BCUT2D eigenvalue weighted by Crippen LogP contribution is 2.46. The number of imidazole rings is 1. The number of hydrogen-bond acceptors (Lipinski definition) is 4. The van der Waals surface area contributed by atoms with Gasteiger partial charge in [-0.05, 0) is 56.6 Å². The summed E-state index contributed by atoms with van der Waals surface area (Å²) in [5, 5.41) is 12.4. The van der Waals surface area contributed by atoms with E-state index < -0.39 is 5.97 Å². The lowest BCUT2D eigenvalue weighted by Gasteiger charge is -2.55. The molecule has 3 fully saturated rings. The molecule has 0 radical (unpaired) electrons. The Labute approximate surface area is 204 Å². The van der Waals surface area contributed by atoms with Gasteiger partial charge in [0.1, 0.15) is 6.54 Å². The molecule has 0 amide bonds. The number of fused-ring (bicyclic) bond motifs is 3. The number of carboxylic acid groups (broad SMARTS) is 1. The first kappa shape index (κ1) is 23.7.